The largest absolute Gasteiger partial charge is 0.452 e. The highest BCUT2D eigenvalue weighted by molar-refractivity contribution is 6.01. The van der Waals surface area contributed by atoms with E-state index >= 15 is 0 Å². The van der Waals surface area contributed by atoms with Crippen LogP contribution in [0.3, 0.4) is 0 Å². The first-order chi connectivity index (χ1) is 14.3. The standard InChI is InChI=1S/C23H23N3O4/c1-14-6-4-9-20(15(14)2)26-13-18(11-21(26)27)23(29)30-16(3)22(28)25-19-8-5-7-17(10-19)12-24/h4-10,16,18H,11,13H2,1-3H3,(H,25,28)/t16-,18+/m1/s1. The van der Waals surface area contributed by atoms with Gasteiger partial charge in [-0.15, -0.1) is 0 Å². The summed E-state index contributed by atoms with van der Waals surface area (Å²) in [5, 5.41) is 11.6. The number of hydrogen-bond acceptors (Lipinski definition) is 5. The molecule has 154 valence electrons. The topological polar surface area (TPSA) is 99.5 Å². The highest BCUT2D eigenvalue weighted by Crippen LogP contribution is 2.30. The molecule has 0 aliphatic carbocycles. The third-order valence-corrected chi connectivity index (χ3v) is 5.25. The van der Waals surface area contributed by atoms with E-state index in [4.69, 9.17) is 10.00 Å². The Kier molecular flexibility index (Phi) is 6.17. The zero-order valence-electron chi connectivity index (χ0n) is 17.1. The SMILES string of the molecule is Cc1cccc(N2C[C@@H](C(=O)O[C@H](C)C(=O)Nc3cccc(C#N)c3)CC2=O)c1C. The van der Waals surface area contributed by atoms with Gasteiger partial charge < -0.3 is 15.0 Å². The third-order valence-electron chi connectivity index (χ3n) is 5.25. The van der Waals surface area contributed by atoms with Gasteiger partial charge in [-0.25, -0.2) is 0 Å². The minimum Gasteiger partial charge on any atom is -0.452 e. The number of hydrogen-bond donors (Lipinski definition) is 1. The Bertz CT molecular complexity index is 1040. The molecule has 2 aromatic rings. The van der Waals surface area contributed by atoms with Gasteiger partial charge in [-0.05, 0) is 56.2 Å². The van der Waals surface area contributed by atoms with Crippen molar-refractivity contribution in [1.82, 2.24) is 0 Å². The molecule has 1 heterocycles. The molecule has 0 radical (unpaired) electrons. The smallest absolute Gasteiger partial charge is 0.312 e. The Hall–Kier alpha value is -3.66. The molecule has 0 aromatic heterocycles. The summed E-state index contributed by atoms with van der Waals surface area (Å²) in [7, 11) is 0. The molecule has 7 nitrogen and oxygen atoms in total. The number of carbonyl (C=O) groups is 3. The number of nitrogens with one attached hydrogen (secondary N) is 1. The molecule has 0 bridgehead atoms. The van der Waals surface area contributed by atoms with Crippen LogP contribution >= 0.6 is 0 Å². The maximum Gasteiger partial charge on any atom is 0.312 e. The first-order valence-corrected chi connectivity index (χ1v) is 9.68. The average Bonchev–Trinajstić information content (AvgIpc) is 3.11. The van der Waals surface area contributed by atoms with Crippen LogP contribution in [0.4, 0.5) is 11.4 Å². The van der Waals surface area contributed by atoms with Gasteiger partial charge >= 0.3 is 5.97 Å². The second-order valence-electron chi connectivity index (χ2n) is 7.39. The Morgan fingerprint density at radius 3 is 2.70 bits per heavy atom. The van der Waals surface area contributed by atoms with E-state index in [2.05, 4.69) is 5.32 Å². The van der Waals surface area contributed by atoms with Crippen LogP contribution in [0, 0.1) is 31.1 Å². The van der Waals surface area contributed by atoms with E-state index < -0.39 is 23.9 Å². The number of aryl methyl sites for hydroxylation is 1. The summed E-state index contributed by atoms with van der Waals surface area (Å²) in [5.74, 6) is -1.86. The second kappa shape index (κ2) is 8.78. The number of anilines is 2. The maximum atomic E-state index is 12.6. The highest BCUT2D eigenvalue weighted by atomic mass is 16.5. The normalized spacial score (nSPS) is 16.7. The predicted molar refractivity (Wildman–Crippen MR) is 112 cm³/mol. The highest BCUT2D eigenvalue weighted by Gasteiger charge is 2.37. The zero-order valence-corrected chi connectivity index (χ0v) is 17.1. The lowest BCUT2D eigenvalue weighted by molar-refractivity contribution is -0.157. The van der Waals surface area contributed by atoms with Gasteiger partial charge in [0.15, 0.2) is 6.10 Å². The summed E-state index contributed by atoms with van der Waals surface area (Å²) in [6.45, 7) is 5.61. The van der Waals surface area contributed by atoms with Crippen LogP contribution in [-0.2, 0) is 19.1 Å². The molecule has 2 atom stereocenters. The lowest BCUT2D eigenvalue weighted by Crippen LogP contribution is -2.33. The molecular formula is C23H23N3O4. The molecule has 1 saturated heterocycles. The van der Waals surface area contributed by atoms with E-state index in [9.17, 15) is 14.4 Å². The minimum absolute atomic E-state index is 0.0464. The van der Waals surface area contributed by atoms with Gasteiger partial charge in [-0.1, -0.05) is 18.2 Å². The van der Waals surface area contributed by atoms with Crippen molar-refractivity contribution in [2.24, 2.45) is 5.92 Å². The fourth-order valence-corrected chi connectivity index (χ4v) is 3.36. The number of nitrogens with zero attached hydrogens (tertiary/aromatic N) is 2. The van der Waals surface area contributed by atoms with Crippen molar-refractivity contribution in [3.63, 3.8) is 0 Å². The van der Waals surface area contributed by atoms with Crippen molar-refractivity contribution >= 4 is 29.2 Å². The van der Waals surface area contributed by atoms with Gasteiger partial charge in [0.05, 0.1) is 17.6 Å². The molecule has 0 saturated carbocycles. The number of ether oxygens (including phenoxy) is 1. The van der Waals surface area contributed by atoms with E-state index in [0.29, 0.717) is 11.3 Å². The van der Waals surface area contributed by atoms with Gasteiger partial charge in [-0.2, -0.15) is 5.26 Å². The van der Waals surface area contributed by atoms with Crippen LogP contribution in [-0.4, -0.2) is 30.4 Å². The first kappa shape index (κ1) is 21.1. The van der Waals surface area contributed by atoms with Crippen LogP contribution in [0.2, 0.25) is 0 Å². The Balaban J connectivity index is 1.61. The number of esters is 1. The fourth-order valence-electron chi connectivity index (χ4n) is 3.36. The van der Waals surface area contributed by atoms with Crippen LogP contribution in [0.25, 0.3) is 0 Å². The Morgan fingerprint density at radius 2 is 1.97 bits per heavy atom. The van der Waals surface area contributed by atoms with Crippen molar-refractivity contribution in [1.29, 1.82) is 5.26 Å². The number of carbonyl (C=O) groups excluding carboxylic acids is 3. The summed E-state index contributed by atoms with van der Waals surface area (Å²) < 4.78 is 5.32. The van der Waals surface area contributed by atoms with Crippen LogP contribution in [0.15, 0.2) is 42.5 Å². The number of benzene rings is 2. The van der Waals surface area contributed by atoms with Crippen molar-refractivity contribution < 1.29 is 19.1 Å². The Labute approximate surface area is 175 Å². The summed E-state index contributed by atoms with van der Waals surface area (Å²) in [5.41, 5.74) is 3.70. The van der Waals surface area contributed by atoms with Crippen molar-refractivity contribution in [2.75, 3.05) is 16.8 Å². The molecule has 1 aliphatic rings. The van der Waals surface area contributed by atoms with Crippen molar-refractivity contribution in [3.8, 4) is 6.07 Å². The monoisotopic (exact) mass is 405 g/mol. The van der Waals surface area contributed by atoms with Gasteiger partial charge in [0, 0.05) is 24.3 Å². The van der Waals surface area contributed by atoms with E-state index in [1.807, 2.05) is 38.1 Å². The van der Waals surface area contributed by atoms with Crippen molar-refractivity contribution in [3.05, 3.63) is 59.2 Å². The van der Waals surface area contributed by atoms with E-state index in [0.717, 1.165) is 16.8 Å². The van der Waals surface area contributed by atoms with Crippen LogP contribution < -0.4 is 10.2 Å². The van der Waals surface area contributed by atoms with Crippen molar-refractivity contribution in [2.45, 2.75) is 33.3 Å². The Morgan fingerprint density at radius 1 is 1.23 bits per heavy atom. The van der Waals surface area contributed by atoms with Crippen LogP contribution in [0.1, 0.15) is 30.0 Å². The molecule has 1 aliphatic heterocycles. The predicted octanol–water partition coefficient (Wildman–Crippen LogP) is 3.10. The first-order valence-electron chi connectivity index (χ1n) is 9.68. The lowest BCUT2D eigenvalue weighted by Gasteiger charge is -2.20. The maximum absolute atomic E-state index is 12.6. The molecule has 30 heavy (non-hydrogen) atoms. The third kappa shape index (κ3) is 4.49. The van der Waals surface area contributed by atoms with Crippen LogP contribution in [0.5, 0.6) is 0 Å². The summed E-state index contributed by atoms with van der Waals surface area (Å²) in [6.07, 6.45) is -0.988. The molecule has 0 unspecified atom stereocenters. The molecule has 3 rings (SSSR count). The van der Waals surface area contributed by atoms with Gasteiger partial charge in [0.1, 0.15) is 0 Å². The van der Waals surface area contributed by atoms with Gasteiger partial charge in [0.25, 0.3) is 5.91 Å². The molecule has 2 amide bonds. The fraction of sp³-hybridized carbons (Fsp3) is 0.304. The second-order valence-corrected chi connectivity index (χ2v) is 7.39. The number of amides is 2. The van der Waals surface area contributed by atoms with E-state index in [1.54, 1.807) is 23.1 Å². The number of nitriles is 1. The minimum atomic E-state index is -1.03. The lowest BCUT2D eigenvalue weighted by atomic mass is 10.1. The molecule has 0 spiro atoms. The average molecular weight is 405 g/mol. The summed E-state index contributed by atoms with van der Waals surface area (Å²) >= 11 is 0. The number of rotatable bonds is 5. The van der Waals surface area contributed by atoms with Gasteiger partial charge in [-0.3, -0.25) is 14.4 Å². The summed E-state index contributed by atoms with van der Waals surface area (Å²) in [6, 6.07) is 14.2. The zero-order chi connectivity index (χ0) is 21.8. The molecular weight excluding hydrogens is 382 g/mol. The molecule has 2 aromatic carbocycles. The van der Waals surface area contributed by atoms with E-state index in [1.165, 1.54) is 13.0 Å². The molecule has 1 fully saturated rings. The molecule has 7 heteroatoms. The quantitative estimate of drug-likeness (QED) is 0.771. The summed E-state index contributed by atoms with van der Waals surface area (Å²) in [4.78, 5) is 39.0. The van der Waals surface area contributed by atoms with Gasteiger partial charge in [0.2, 0.25) is 5.91 Å². The molecule has 1 N–H and O–H groups in total. The van der Waals surface area contributed by atoms with E-state index in [-0.39, 0.29) is 18.9 Å².